The smallest absolute Gasteiger partial charge is 0.253 e. The zero-order valence-corrected chi connectivity index (χ0v) is 9.62. The van der Waals surface area contributed by atoms with Crippen LogP contribution in [0, 0.1) is 6.92 Å². The monoisotopic (exact) mass is 208 g/mol. The quantitative estimate of drug-likeness (QED) is 0.720. The van der Waals surface area contributed by atoms with Crippen molar-refractivity contribution in [3.63, 3.8) is 0 Å². The Balaban J connectivity index is 2.38. The van der Waals surface area contributed by atoms with E-state index in [1.807, 2.05) is 25.3 Å². The minimum Gasteiger partial charge on any atom is -0.315 e. The summed E-state index contributed by atoms with van der Waals surface area (Å²) in [6, 6.07) is 3.77. The molecule has 0 aliphatic carbocycles. The third kappa shape index (κ3) is 3.88. The first-order valence-electron chi connectivity index (χ1n) is 5.62. The Morgan fingerprint density at radius 1 is 1.40 bits per heavy atom. The Kier molecular flexibility index (Phi) is 5.12. The van der Waals surface area contributed by atoms with Gasteiger partial charge in [0, 0.05) is 24.8 Å². The second-order valence-corrected chi connectivity index (χ2v) is 3.79. The highest BCUT2D eigenvalue weighted by atomic mass is 16.1. The van der Waals surface area contributed by atoms with Crippen LogP contribution in [0.5, 0.6) is 0 Å². The maximum absolute atomic E-state index is 11.6. The SMILES string of the molecule is CCCCNCCn1cccc(C)c1=O. The van der Waals surface area contributed by atoms with Crippen molar-refractivity contribution in [2.75, 3.05) is 13.1 Å². The van der Waals surface area contributed by atoms with Crippen LogP contribution in [0.2, 0.25) is 0 Å². The molecule has 1 N–H and O–H groups in total. The molecule has 0 aliphatic heterocycles. The molecule has 0 unspecified atom stereocenters. The van der Waals surface area contributed by atoms with E-state index >= 15 is 0 Å². The van der Waals surface area contributed by atoms with E-state index in [2.05, 4.69) is 12.2 Å². The fourth-order valence-corrected chi connectivity index (χ4v) is 1.46. The highest BCUT2D eigenvalue weighted by Gasteiger charge is 1.97. The first-order chi connectivity index (χ1) is 7.25. The number of aryl methyl sites for hydroxylation is 1. The van der Waals surface area contributed by atoms with Crippen molar-refractivity contribution >= 4 is 0 Å². The molecule has 1 aromatic heterocycles. The molecule has 1 heterocycles. The Morgan fingerprint density at radius 2 is 2.20 bits per heavy atom. The number of nitrogens with zero attached hydrogens (tertiary/aromatic N) is 1. The highest BCUT2D eigenvalue weighted by Crippen LogP contribution is 1.88. The summed E-state index contributed by atoms with van der Waals surface area (Å²) in [4.78, 5) is 11.6. The molecule has 1 aromatic rings. The van der Waals surface area contributed by atoms with Gasteiger partial charge in [-0.15, -0.1) is 0 Å². The van der Waals surface area contributed by atoms with Crippen LogP contribution in [0.1, 0.15) is 25.3 Å². The van der Waals surface area contributed by atoms with Crippen LogP contribution in [0.15, 0.2) is 23.1 Å². The average Bonchev–Trinajstić information content (AvgIpc) is 2.24. The van der Waals surface area contributed by atoms with Crippen LogP contribution in [0.4, 0.5) is 0 Å². The van der Waals surface area contributed by atoms with Crippen LogP contribution in [-0.4, -0.2) is 17.7 Å². The van der Waals surface area contributed by atoms with Gasteiger partial charge in [0.15, 0.2) is 0 Å². The van der Waals surface area contributed by atoms with Crippen molar-refractivity contribution in [2.45, 2.75) is 33.2 Å². The maximum Gasteiger partial charge on any atom is 0.253 e. The normalized spacial score (nSPS) is 10.5. The Morgan fingerprint density at radius 3 is 2.93 bits per heavy atom. The minimum absolute atomic E-state index is 0.120. The van der Waals surface area contributed by atoms with Crippen molar-refractivity contribution in [2.24, 2.45) is 0 Å². The molecule has 0 radical (unpaired) electrons. The molecular formula is C12H20N2O. The van der Waals surface area contributed by atoms with Crippen LogP contribution < -0.4 is 10.9 Å². The molecule has 0 aromatic carbocycles. The van der Waals surface area contributed by atoms with E-state index in [1.165, 1.54) is 12.8 Å². The Hall–Kier alpha value is -1.09. The van der Waals surface area contributed by atoms with Gasteiger partial charge in [-0.25, -0.2) is 0 Å². The number of hydrogen-bond donors (Lipinski definition) is 1. The number of hydrogen-bond acceptors (Lipinski definition) is 2. The summed E-state index contributed by atoms with van der Waals surface area (Å²) >= 11 is 0. The second-order valence-electron chi connectivity index (χ2n) is 3.79. The maximum atomic E-state index is 11.6. The van der Waals surface area contributed by atoms with Crippen molar-refractivity contribution in [3.05, 3.63) is 34.2 Å². The van der Waals surface area contributed by atoms with Gasteiger partial charge in [0.1, 0.15) is 0 Å². The van der Waals surface area contributed by atoms with Crippen molar-refractivity contribution in [1.82, 2.24) is 9.88 Å². The molecule has 3 nitrogen and oxygen atoms in total. The zero-order valence-electron chi connectivity index (χ0n) is 9.62. The van der Waals surface area contributed by atoms with Gasteiger partial charge in [-0.2, -0.15) is 0 Å². The standard InChI is InChI=1S/C12H20N2O/c1-3-4-7-13-8-10-14-9-5-6-11(2)12(14)15/h5-6,9,13H,3-4,7-8,10H2,1-2H3. The number of unbranched alkanes of at least 4 members (excludes halogenated alkanes) is 1. The lowest BCUT2D eigenvalue weighted by atomic mass is 10.3. The molecule has 0 saturated heterocycles. The molecule has 0 bridgehead atoms. The van der Waals surface area contributed by atoms with Gasteiger partial charge >= 0.3 is 0 Å². The summed E-state index contributed by atoms with van der Waals surface area (Å²) in [6.45, 7) is 6.68. The summed E-state index contributed by atoms with van der Waals surface area (Å²) in [5.41, 5.74) is 0.931. The molecule has 0 amide bonds. The summed E-state index contributed by atoms with van der Waals surface area (Å²) < 4.78 is 1.76. The molecule has 0 aliphatic rings. The number of nitrogens with one attached hydrogen (secondary N) is 1. The van der Waals surface area contributed by atoms with E-state index in [1.54, 1.807) is 4.57 Å². The highest BCUT2D eigenvalue weighted by molar-refractivity contribution is 5.07. The fourth-order valence-electron chi connectivity index (χ4n) is 1.46. The molecular weight excluding hydrogens is 188 g/mol. The minimum atomic E-state index is 0.120. The Bertz CT molecular complexity index is 344. The van der Waals surface area contributed by atoms with Crippen molar-refractivity contribution < 1.29 is 0 Å². The van der Waals surface area contributed by atoms with E-state index in [9.17, 15) is 4.79 Å². The van der Waals surface area contributed by atoms with Gasteiger partial charge in [-0.3, -0.25) is 4.79 Å². The van der Waals surface area contributed by atoms with Gasteiger partial charge < -0.3 is 9.88 Å². The first-order valence-corrected chi connectivity index (χ1v) is 5.62. The largest absolute Gasteiger partial charge is 0.315 e. The van der Waals surface area contributed by atoms with E-state index in [0.717, 1.165) is 25.2 Å². The average molecular weight is 208 g/mol. The van der Waals surface area contributed by atoms with Gasteiger partial charge in [0.05, 0.1) is 0 Å². The number of pyridine rings is 1. The Labute approximate surface area is 91.1 Å². The summed E-state index contributed by atoms with van der Waals surface area (Å²) in [7, 11) is 0. The van der Waals surface area contributed by atoms with Gasteiger partial charge in [-0.1, -0.05) is 19.4 Å². The summed E-state index contributed by atoms with van der Waals surface area (Å²) in [6.07, 6.45) is 4.25. The molecule has 15 heavy (non-hydrogen) atoms. The van der Waals surface area contributed by atoms with Crippen molar-refractivity contribution in [1.29, 1.82) is 0 Å². The molecule has 3 heteroatoms. The lowest BCUT2D eigenvalue weighted by Gasteiger charge is -2.07. The number of aromatic nitrogens is 1. The van der Waals surface area contributed by atoms with Crippen LogP contribution in [0.25, 0.3) is 0 Å². The molecule has 0 fully saturated rings. The van der Waals surface area contributed by atoms with E-state index in [-0.39, 0.29) is 5.56 Å². The first kappa shape index (κ1) is 12.0. The van der Waals surface area contributed by atoms with Crippen molar-refractivity contribution in [3.8, 4) is 0 Å². The van der Waals surface area contributed by atoms with E-state index < -0.39 is 0 Å². The lowest BCUT2D eigenvalue weighted by molar-refractivity contribution is 0.569. The van der Waals surface area contributed by atoms with Gasteiger partial charge in [0.25, 0.3) is 5.56 Å². The molecule has 0 atom stereocenters. The van der Waals surface area contributed by atoms with Gasteiger partial charge in [-0.05, 0) is 26.0 Å². The van der Waals surface area contributed by atoms with Crippen LogP contribution >= 0.6 is 0 Å². The third-order valence-electron chi connectivity index (χ3n) is 2.45. The molecule has 1 rings (SSSR count). The topological polar surface area (TPSA) is 34.0 Å². The van der Waals surface area contributed by atoms with Gasteiger partial charge in [0.2, 0.25) is 0 Å². The molecule has 84 valence electrons. The second kappa shape index (κ2) is 6.40. The van der Waals surface area contributed by atoms with E-state index in [0.29, 0.717) is 0 Å². The van der Waals surface area contributed by atoms with Crippen LogP contribution in [-0.2, 0) is 6.54 Å². The number of rotatable bonds is 6. The zero-order chi connectivity index (χ0) is 11.1. The van der Waals surface area contributed by atoms with E-state index in [4.69, 9.17) is 0 Å². The predicted molar refractivity (Wildman–Crippen MR) is 63.2 cm³/mol. The summed E-state index contributed by atoms with van der Waals surface area (Å²) in [5.74, 6) is 0. The predicted octanol–water partition coefficient (Wildman–Crippen LogP) is 1.55. The molecule has 0 spiro atoms. The van der Waals surface area contributed by atoms with Crippen LogP contribution in [0.3, 0.4) is 0 Å². The summed E-state index contributed by atoms with van der Waals surface area (Å²) in [5, 5.41) is 3.32. The third-order valence-corrected chi connectivity index (χ3v) is 2.45. The lowest BCUT2D eigenvalue weighted by Crippen LogP contribution is -2.28. The fraction of sp³-hybridized carbons (Fsp3) is 0.583. The molecule has 0 saturated carbocycles.